The van der Waals surface area contributed by atoms with Crippen LogP contribution in [0.1, 0.15) is 78.1 Å². The number of allylic oxidation sites excluding steroid dienone is 2. The molecule has 0 N–H and O–H groups in total. The molecule has 0 amide bonds. The molecule has 0 aromatic rings. The van der Waals surface area contributed by atoms with Gasteiger partial charge in [0.25, 0.3) is 0 Å². The van der Waals surface area contributed by atoms with Crippen LogP contribution in [-0.4, -0.2) is 18.4 Å². The molecule has 1 heterocycles. The van der Waals surface area contributed by atoms with E-state index < -0.39 is 0 Å². The summed E-state index contributed by atoms with van der Waals surface area (Å²) >= 11 is 0. The summed E-state index contributed by atoms with van der Waals surface area (Å²) in [4.78, 5) is 25.8. The van der Waals surface area contributed by atoms with Gasteiger partial charge in [0.15, 0.2) is 0 Å². The van der Waals surface area contributed by atoms with Gasteiger partial charge in [-0.3, -0.25) is 9.59 Å². The van der Waals surface area contributed by atoms with Crippen molar-refractivity contribution in [1.82, 2.24) is 0 Å². The highest BCUT2D eigenvalue weighted by Crippen LogP contribution is 2.57. The molecule has 0 aromatic heterocycles. The lowest BCUT2D eigenvalue weighted by atomic mass is 9.70. The molecule has 4 aliphatic rings. The highest BCUT2D eigenvalue weighted by atomic mass is 16.5. The van der Waals surface area contributed by atoms with Crippen molar-refractivity contribution in [2.24, 2.45) is 35.5 Å². The van der Waals surface area contributed by atoms with Crippen molar-refractivity contribution >= 4 is 11.8 Å². The number of ketones is 1. The van der Waals surface area contributed by atoms with Crippen molar-refractivity contribution in [1.29, 1.82) is 0 Å². The van der Waals surface area contributed by atoms with E-state index in [1.807, 2.05) is 0 Å². The van der Waals surface area contributed by atoms with E-state index in [0.29, 0.717) is 30.6 Å². The Hall–Kier alpha value is -1.12. The number of hydrogen-bond donors (Lipinski definition) is 0. The molecule has 6 unspecified atom stereocenters. The second kappa shape index (κ2) is 7.48. The van der Waals surface area contributed by atoms with Crippen LogP contribution < -0.4 is 0 Å². The number of carbonyl (C=O) groups excluding carboxylic acids is 2. The summed E-state index contributed by atoms with van der Waals surface area (Å²) in [6.45, 7) is 5.05. The van der Waals surface area contributed by atoms with Gasteiger partial charge in [-0.15, -0.1) is 0 Å². The van der Waals surface area contributed by atoms with Crippen LogP contribution in [0.2, 0.25) is 0 Å². The minimum Gasteiger partial charge on any atom is -0.466 e. The zero-order valence-electron chi connectivity index (χ0n) is 16.5. The minimum atomic E-state index is -0.0755. The molecule has 3 nitrogen and oxygen atoms in total. The Bertz CT molecular complexity index is 605. The number of carbonyl (C=O) groups is 2. The molecule has 3 heteroatoms. The molecular weight excluding hydrogens is 324 g/mol. The van der Waals surface area contributed by atoms with Gasteiger partial charge >= 0.3 is 5.97 Å². The van der Waals surface area contributed by atoms with Crippen molar-refractivity contribution in [2.45, 2.75) is 78.1 Å². The maximum Gasteiger partial charge on any atom is 0.306 e. The molecule has 26 heavy (non-hydrogen) atoms. The Morgan fingerprint density at radius 2 is 1.69 bits per heavy atom. The highest BCUT2D eigenvalue weighted by molar-refractivity contribution is 5.85. The third-order valence-corrected chi connectivity index (χ3v) is 7.85. The van der Waals surface area contributed by atoms with E-state index in [9.17, 15) is 9.59 Å². The van der Waals surface area contributed by atoms with Crippen LogP contribution >= 0.6 is 0 Å². The number of esters is 1. The molecule has 2 saturated carbocycles. The number of ether oxygens (including phenoxy) is 1. The summed E-state index contributed by atoms with van der Waals surface area (Å²) in [7, 11) is 0. The lowest BCUT2D eigenvalue weighted by Gasteiger charge is -2.35. The average Bonchev–Trinajstić information content (AvgIpc) is 3.22. The van der Waals surface area contributed by atoms with Crippen molar-refractivity contribution in [3.63, 3.8) is 0 Å². The zero-order valence-corrected chi connectivity index (χ0v) is 16.5. The number of fused-ring (bicyclic) bond motifs is 4. The van der Waals surface area contributed by atoms with Gasteiger partial charge in [0.05, 0.1) is 6.61 Å². The van der Waals surface area contributed by atoms with E-state index in [-0.39, 0.29) is 23.7 Å². The molecule has 6 atom stereocenters. The van der Waals surface area contributed by atoms with Crippen LogP contribution in [0.5, 0.6) is 0 Å². The lowest BCUT2D eigenvalue weighted by molar-refractivity contribution is -0.146. The van der Waals surface area contributed by atoms with E-state index in [2.05, 4.69) is 13.8 Å². The molecule has 3 aliphatic carbocycles. The first-order valence-corrected chi connectivity index (χ1v) is 11.0. The number of cyclic esters (lactones) is 1. The molecule has 4 rings (SSSR count). The number of rotatable bonds is 0. The molecule has 1 saturated heterocycles. The summed E-state index contributed by atoms with van der Waals surface area (Å²) < 4.78 is 5.51. The van der Waals surface area contributed by atoms with E-state index in [0.717, 1.165) is 38.0 Å². The third kappa shape index (κ3) is 3.27. The van der Waals surface area contributed by atoms with E-state index in [4.69, 9.17) is 4.74 Å². The quantitative estimate of drug-likeness (QED) is 0.447. The SMILES string of the molecule is CC1CCCCCOC(=O)CC2C(CC3=C4CCCC4C(C)CC32)C1=O. The standard InChI is InChI=1S/C23H34O3/c1-14-7-4-3-5-10-26-22(24)13-20-18-11-15(2)16-8-6-9-17(16)19(18)12-21(20)23(14)25/h14-16,18,20-21H,3-13H2,1-2H3. The van der Waals surface area contributed by atoms with Gasteiger partial charge in [0.1, 0.15) is 5.78 Å². The maximum absolute atomic E-state index is 13.3. The van der Waals surface area contributed by atoms with Gasteiger partial charge in [0.2, 0.25) is 0 Å². The molecular formula is C23H34O3. The van der Waals surface area contributed by atoms with Crippen LogP contribution in [0, 0.1) is 35.5 Å². The number of Topliss-reactive ketones (excluding diaryl/α,β-unsaturated/α-hetero) is 1. The fraction of sp³-hybridized carbons (Fsp3) is 0.826. The highest BCUT2D eigenvalue weighted by Gasteiger charge is 2.50. The largest absolute Gasteiger partial charge is 0.466 e. The number of hydrogen-bond acceptors (Lipinski definition) is 3. The Kier molecular flexibility index (Phi) is 5.25. The Morgan fingerprint density at radius 3 is 2.54 bits per heavy atom. The van der Waals surface area contributed by atoms with E-state index >= 15 is 0 Å². The first-order valence-electron chi connectivity index (χ1n) is 11.0. The summed E-state index contributed by atoms with van der Waals surface area (Å²) in [5, 5.41) is 0. The van der Waals surface area contributed by atoms with Gasteiger partial charge in [0, 0.05) is 18.3 Å². The van der Waals surface area contributed by atoms with E-state index in [1.54, 1.807) is 11.1 Å². The van der Waals surface area contributed by atoms with Crippen molar-refractivity contribution < 1.29 is 14.3 Å². The first kappa shape index (κ1) is 18.3. The summed E-state index contributed by atoms with van der Waals surface area (Å²) in [6, 6.07) is 0. The smallest absolute Gasteiger partial charge is 0.306 e. The van der Waals surface area contributed by atoms with Crippen LogP contribution in [0.4, 0.5) is 0 Å². The van der Waals surface area contributed by atoms with Crippen LogP contribution in [-0.2, 0) is 14.3 Å². The van der Waals surface area contributed by atoms with Gasteiger partial charge in [-0.2, -0.15) is 0 Å². The lowest BCUT2D eigenvalue weighted by Crippen LogP contribution is -2.31. The van der Waals surface area contributed by atoms with Crippen LogP contribution in [0.3, 0.4) is 0 Å². The van der Waals surface area contributed by atoms with Crippen LogP contribution in [0.25, 0.3) is 0 Å². The van der Waals surface area contributed by atoms with Crippen molar-refractivity contribution in [3.8, 4) is 0 Å². The molecule has 3 fully saturated rings. The molecule has 0 aromatic carbocycles. The predicted molar refractivity (Wildman–Crippen MR) is 101 cm³/mol. The second-order valence-corrected chi connectivity index (χ2v) is 9.42. The molecule has 0 bridgehead atoms. The van der Waals surface area contributed by atoms with Gasteiger partial charge < -0.3 is 4.74 Å². The Morgan fingerprint density at radius 1 is 0.846 bits per heavy atom. The molecule has 0 radical (unpaired) electrons. The van der Waals surface area contributed by atoms with Gasteiger partial charge in [-0.1, -0.05) is 37.8 Å². The topological polar surface area (TPSA) is 43.4 Å². The minimum absolute atomic E-state index is 0.0519. The molecule has 144 valence electrons. The van der Waals surface area contributed by atoms with E-state index in [1.165, 1.54) is 25.7 Å². The fourth-order valence-corrected chi connectivity index (χ4v) is 6.50. The predicted octanol–water partition coefficient (Wildman–Crippen LogP) is 5.09. The van der Waals surface area contributed by atoms with Gasteiger partial charge in [-0.25, -0.2) is 0 Å². The summed E-state index contributed by atoms with van der Waals surface area (Å²) in [6.07, 6.45) is 10.5. The summed E-state index contributed by atoms with van der Waals surface area (Å²) in [5.74, 6) is 2.62. The zero-order chi connectivity index (χ0) is 18.3. The second-order valence-electron chi connectivity index (χ2n) is 9.42. The molecule has 0 spiro atoms. The Balaban J connectivity index is 1.65. The monoisotopic (exact) mass is 358 g/mol. The van der Waals surface area contributed by atoms with Crippen molar-refractivity contribution in [2.75, 3.05) is 6.61 Å². The third-order valence-electron chi connectivity index (χ3n) is 7.85. The molecule has 1 aliphatic heterocycles. The fourth-order valence-electron chi connectivity index (χ4n) is 6.50. The van der Waals surface area contributed by atoms with Crippen LogP contribution in [0.15, 0.2) is 11.1 Å². The van der Waals surface area contributed by atoms with Gasteiger partial charge in [-0.05, 0) is 68.6 Å². The summed E-state index contributed by atoms with van der Waals surface area (Å²) in [5.41, 5.74) is 3.27. The Labute approximate surface area is 157 Å². The van der Waals surface area contributed by atoms with Crippen molar-refractivity contribution in [3.05, 3.63) is 11.1 Å². The normalized spacial score (nSPS) is 41.6. The first-order chi connectivity index (χ1) is 12.6. The maximum atomic E-state index is 13.3. The average molecular weight is 359 g/mol.